The first-order valence-corrected chi connectivity index (χ1v) is 9.51. The molecule has 1 aromatic rings. The first-order chi connectivity index (χ1) is 11.8. The summed E-state index contributed by atoms with van der Waals surface area (Å²) in [5, 5.41) is 13.8. The predicted octanol–water partition coefficient (Wildman–Crippen LogP) is 0.251. The SMILES string of the molecule is CCS(=O)(=O)c1[c]cc(C(=O)NCCN2CCOCC2)c([N+](=O)[O-])c1. The van der Waals surface area contributed by atoms with Crippen LogP contribution in [-0.4, -0.2) is 69.3 Å². The highest BCUT2D eigenvalue weighted by atomic mass is 32.2. The third-order valence-electron chi connectivity index (χ3n) is 3.88. The second-order valence-electron chi connectivity index (χ2n) is 5.47. The van der Waals surface area contributed by atoms with Crippen LogP contribution in [0.4, 0.5) is 5.69 Å². The fourth-order valence-corrected chi connectivity index (χ4v) is 3.22. The molecule has 0 saturated carbocycles. The van der Waals surface area contributed by atoms with Crippen LogP contribution >= 0.6 is 0 Å². The van der Waals surface area contributed by atoms with Crippen LogP contribution in [0.1, 0.15) is 17.3 Å². The van der Waals surface area contributed by atoms with Gasteiger partial charge < -0.3 is 10.1 Å². The Kier molecular flexibility index (Phi) is 6.45. The van der Waals surface area contributed by atoms with Crippen LogP contribution < -0.4 is 5.32 Å². The summed E-state index contributed by atoms with van der Waals surface area (Å²) in [6, 6.07) is 4.41. The van der Waals surface area contributed by atoms with E-state index in [9.17, 15) is 23.3 Å². The van der Waals surface area contributed by atoms with E-state index in [0.717, 1.165) is 25.2 Å². The number of amides is 1. The van der Waals surface area contributed by atoms with Gasteiger partial charge >= 0.3 is 0 Å². The van der Waals surface area contributed by atoms with Gasteiger partial charge in [-0.2, -0.15) is 0 Å². The number of nitrogens with one attached hydrogen (secondary N) is 1. The summed E-state index contributed by atoms with van der Waals surface area (Å²) in [6.45, 7) is 5.19. The monoisotopic (exact) mass is 370 g/mol. The van der Waals surface area contributed by atoms with Crippen LogP contribution in [0.5, 0.6) is 0 Å². The predicted molar refractivity (Wildman–Crippen MR) is 89.3 cm³/mol. The highest BCUT2D eigenvalue weighted by Gasteiger charge is 2.24. The van der Waals surface area contributed by atoms with Gasteiger partial charge in [0, 0.05) is 38.3 Å². The number of sulfone groups is 1. The average molecular weight is 370 g/mol. The second kappa shape index (κ2) is 8.37. The number of morpholine rings is 1. The van der Waals surface area contributed by atoms with Crippen LogP contribution in [0.25, 0.3) is 0 Å². The number of nitrogens with zero attached hydrogens (tertiary/aromatic N) is 2. The minimum atomic E-state index is -3.64. The van der Waals surface area contributed by atoms with Crippen molar-refractivity contribution in [3.8, 4) is 0 Å². The lowest BCUT2D eigenvalue weighted by Crippen LogP contribution is -2.41. The summed E-state index contributed by atoms with van der Waals surface area (Å²) in [5.41, 5.74) is -0.753. The molecular weight excluding hydrogens is 350 g/mol. The molecular formula is C15H20N3O6S. The number of rotatable bonds is 7. The van der Waals surface area contributed by atoms with Crippen molar-refractivity contribution in [1.82, 2.24) is 10.2 Å². The smallest absolute Gasteiger partial charge is 0.283 e. The number of hydrogen-bond donors (Lipinski definition) is 1. The summed E-state index contributed by atoms with van der Waals surface area (Å²) in [4.78, 5) is 24.5. The van der Waals surface area contributed by atoms with Crippen LogP contribution in [0.2, 0.25) is 0 Å². The molecule has 9 nitrogen and oxygen atoms in total. The van der Waals surface area contributed by atoms with Crippen molar-refractivity contribution in [1.29, 1.82) is 0 Å². The fourth-order valence-electron chi connectivity index (χ4n) is 2.38. The molecule has 1 aliphatic heterocycles. The van der Waals surface area contributed by atoms with Gasteiger partial charge in [-0.1, -0.05) is 6.92 Å². The molecule has 1 fully saturated rings. The first kappa shape index (κ1) is 19.3. The zero-order valence-electron chi connectivity index (χ0n) is 13.9. The molecule has 1 N–H and O–H groups in total. The number of nitro groups is 1. The van der Waals surface area contributed by atoms with Crippen molar-refractivity contribution in [2.24, 2.45) is 0 Å². The van der Waals surface area contributed by atoms with E-state index in [0.29, 0.717) is 26.3 Å². The lowest BCUT2D eigenvalue weighted by Gasteiger charge is -2.26. The van der Waals surface area contributed by atoms with Gasteiger partial charge in [0.05, 0.1) is 28.8 Å². The van der Waals surface area contributed by atoms with Gasteiger partial charge in [-0.05, 0) is 6.07 Å². The van der Waals surface area contributed by atoms with Gasteiger partial charge in [0.25, 0.3) is 11.6 Å². The molecule has 2 rings (SSSR count). The Morgan fingerprint density at radius 3 is 2.72 bits per heavy atom. The molecule has 25 heavy (non-hydrogen) atoms. The highest BCUT2D eigenvalue weighted by molar-refractivity contribution is 7.91. The van der Waals surface area contributed by atoms with Gasteiger partial charge in [0.15, 0.2) is 9.84 Å². The van der Waals surface area contributed by atoms with Crippen LogP contribution in [0, 0.1) is 16.2 Å². The maximum Gasteiger partial charge on any atom is 0.283 e. The summed E-state index contributed by atoms with van der Waals surface area (Å²) >= 11 is 0. The zero-order valence-corrected chi connectivity index (χ0v) is 14.7. The van der Waals surface area contributed by atoms with Crippen LogP contribution in [0.3, 0.4) is 0 Å². The van der Waals surface area contributed by atoms with E-state index in [1.54, 1.807) is 0 Å². The molecule has 0 unspecified atom stereocenters. The molecule has 10 heteroatoms. The van der Waals surface area contributed by atoms with E-state index >= 15 is 0 Å². The molecule has 0 spiro atoms. The minimum absolute atomic E-state index is 0.203. The van der Waals surface area contributed by atoms with Gasteiger partial charge in [-0.3, -0.25) is 19.8 Å². The molecule has 1 aliphatic rings. The number of carbonyl (C=O) groups is 1. The van der Waals surface area contributed by atoms with Crippen molar-refractivity contribution in [3.63, 3.8) is 0 Å². The van der Waals surface area contributed by atoms with Crippen molar-refractivity contribution < 1.29 is 22.9 Å². The quantitative estimate of drug-likeness (QED) is 0.540. The Hall–Kier alpha value is -2.04. The third kappa shape index (κ3) is 4.97. The van der Waals surface area contributed by atoms with E-state index in [4.69, 9.17) is 4.74 Å². The second-order valence-corrected chi connectivity index (χ2v) is 7.71. The van der Waals surface area contributed by atoms with Crippen molar-refractivity contribution >= 4 is 21.4 Å². The number of nitro benzene ring substituents is 1. The Morgan fingerprint density at radius 2 is 2.12 bits per heavy atom. The Morgan fingerprint density at radius 1 is 1.44 bits per heavy atom. The summed E-state index contributed by atoms with van der Waals surface area (Å²) < 4.78 is 28.9. The molecule has 137 valence electrons. The maximum absolute atomic E-state index is 12.2. The van der Waals surface area contributed by atoms with Crippen LogP contribution in [-0.2, 0) is 14.6 Å². The zero-order chi connectivity index (χ0) is 18.4. The number of benzene rings is 1. The van der Waals surface area contributed by atoms with E-state index in [1.165, 1.54) is 6.92 Å². The lowest BCUT2D eigenvalue weighted by atomic mass is 10.1. The summed E-state index contributed by atoms with van der Waals surface area (Å²) in [5.74, 6) is -0.831. The third-order valence-corrected chi connectivity index (χ3v) is 5.54. The Bertz CT molecular complexity index is 744. The van der Waals surface area contributed by atoms with Gasteiger partial charge in [0.1, 0.15) is 5.56 Å². The van der Waals surface area contributed by atoms with Crippen molar-refractivity contribution in [2.75, 3.05) is 45.1 Å². The number of hydrogen-bond acceptors (Lipinski definition) is 7. The molecule has 0 bridgehead atoms. The molecule has 1 saturated heterocycles. The molecule has 0 aromatic heterocycles. The topological polar surface area (TPSA) is 119 Å². The van der Waals surface area contributed by atoms with Gasteiger partial charge in [0.2, 0.25) is 0 Å². The highest BCUT2D eigenvalue weighted by Crippen LogP contribution is 2.23. The van der Waals surface area contributed by atoms with Crippen LogP contribution in [0.15, 0.2) is 17.0 Å². The Balaban J connectivity index is 2.08. The van der Waals surface area contributed by atoms with Crippen molar-refractivity contribution in [2.45, 2.75) is 11.8 Å². The molecule has 1 amide bonds. The Labute approximate surface area is 146 Å². The molecule has 0 aliphatic carbocycles. The summed E-state index contributed by atoms with van der Waals surface area (Å²) in [6.07, 6.45) is 0. The van der Waals surface area contributed by atoms with E-state index < -0.39 is 26.4 Å². The normalized spacial score (nSPS) is 15.7. The standard InChI is InChI=1S/C15H20N3O6S/c1-2-25(22,23)12-3-4-13(14(11-12)18(20)21)15(19)16-5-6-17-7-9-24-10-8-17/h4,11H,2,5-10H2,1H3,(H,16,19). The van der Waals surface area contributed by atoms with E-state index in [1.807, 2.05) is 0 Å². The van der Waals surface area contributed by atoms with Gasteiger partial charge in [-0.25, -0.2) is 8.42 Å². The van der Waals surface area contributed by atoms with E-state index in [2.05, 4.69) is 16.3 Å². The minimum Gasteiger partial charge on any atom is -0.379 e. The molecule has 1 heterocycles. The van der Waals surface area contributed by atoms with Gasteiger partial charge in [-0.15, -0.1) is 0 Å². The first-order valence-electron chi connectivity index (χ1n) is 7.86. The van der Waals surface area contributed by atoms with E-state index in [-0.39, 0.29) is 16.2 Å². The summed E-state index contributed by atoms with van der Waals surface area (Å²) in [7, 11) is -3.64. The average Bonchev–Trinajstić information content (AvgIpc) is 2.62. The number of carbonyl (C=O) groups excluding carboxylic acids is 1. The fraction of sp³-hybridized carbons (Fsp3) is 0.533. The number of ether oxygens (including phenoxy) is 1. The molecule has 1 radical (unpaired) electrons. The van der Waals surface area contributed by atoms with Crippen molar-refractivity contribution in [3.05, 3.63) is 33.9 Å². The molecule has 1 aromatic carbocycles. The maximum atomic E-state index is 12.2. The largest absolute Gasteiger partial charge is 0.379 e. The molecule has 0 atom stereocenters. The lowest BCUT2D eigenvalue weighted by molar-refractivity contribution is -0.385.